The molecule has 1 N–H and O–H groups in total. The summed E-state index contributed by atoms with van der Waals surface area (Å²) in [5.74, 6) is 0. The van der Waals surface area contributed by atoms with E-state index >= 15 is 0 Å². The van der Waals surface area contributed by atoms with Crippen LogP contribution < -0.4 is 0 Å². The summed E-state index contributed by atoms with van der Waals surface area (Å²) in [5.41, 5.74) is 0.923. The van der Waals surface area contributed by atoms with Gasteiger partial charge in [0, 0.05) is 18.3 Å². The fourth-order valence-corrected chi connectivity index (χ4v) is 1.04. The van der Waals surface area contributed by atoms with Crippen LogP contribution in [0.1, 0.15) is 12.1 Å². The molecule has 2 heteroatoms. The maximum atomic E-state index is 9.39. The van der Waals surface area contributed by atoms with Crippen molar-refractivity contribution in [1.29, 1.82) is 0 Å². The zero-order valence-corrected chi connectivity index (χ0v) is 6.98. The van der Waals surface area contributed by atoms with E-state index in [-0.39, 0.29) is 6.10 Å². The number of aromatic nitrogens is 1. The quantitative estimate of drug-likeness (QED) is 0.683. The molecule has 64 valence electrons. The summed E-state index contributed by atoms with van der Waals surface area (Å²) in [4.78, 5) is 4.11. The van der Waals surface area contributed by atoms with Crippen molar-refractivity contribution in [2.45, 2.75) is 18.9 Å². The van der Waals surface area contributed by atoms with E-state index in [0.29, 0.717) is 12.8 Å². The van der Waals surface area contributed by atoms with Gasteiger partial charge in [0.2, 0.25) is 0 Å². The van der Waals surface area contributed by atoms with Gasteiger partial charge in [-0.05, 0) is 18.6 Å². The summed E-state index contributed by atoms with van der Waals surface area (Å²) < 4.78 is 0. The van der Waals surface area contributed by atoms with Crippen LogP contribution in [0.5, 0.6) is 0 Å². The molecule has 1 rings (SSSR count). The van der Waals surface area contributed by atoms with Gasteiger partial charge in [-0.15, -0.1) is 6.58 Å². The SMILES string of the molecule is C=CCC(O)Cc1ccccn1. The highest BCUT2D eigenvalue weighted by atomic mass is 16.3. The summed E-state index contributed by atoms with van der Waals surface area (Å²) >= 11 is 0. The second-order valence-electron chi connectivity index (χ2n) is 2.70. The molecule has 1 aromatic rings. The van der Waals surface area contributed by atoms with E-state index in [2.05, 4.69) is 11.6 Å². The van der Waals surface area contributed by atoms with Crippen LogP contribution in [0.3, 0.4) is 0 Å². The summed E-state index contributed by atoms with van der Waals surface area (Å²) in [7, 11) is 0. The van der Waals surface area contributed by atoms with E-state index in [9.17, 15) is 5.11 Å². The molecule has 0 aliphatic heterocycles. The summed E-state index contributed by atoms with van der Waals surface area (Å²) in [6, 6.07) is 5.69. The predicted molar refractivity (Wildman–Crippen MR) is 48.8 cm³/mol. The molecular formula is C10H13NO. The molecule has 0 aliphatic rings. The maximum Gasteiger partial charge on any atom is 0.0629 e. The number of nitrogens with zero attached hydrogens (tertiary/aromatic N) is 1. The third-order valence-electron chi connectivity index (χ3n) is 1.61. The van der Waals surface area contributed by atoms with Crippen molar-refractivity contribution in [3.05, 3.63) is 42.7 Å². The van der Waals surface area contributed by atoms with E-state index in [0.717, 1.165) is 5.69 Å². The van der Waals surface area contributed by atoms with Gasteiger partial charge in [-0.2, -0.15) is 0 Å². The van der Waals surface area contributed by atoms with Crippen LogP contribution in [-0.4, -0.2) is 16.2 Å². The van der Waals surface area contributed by atoms with Gasteiger partial charge in [0.1, 0.15) is 0 Å². The smallest absolute Gasteiger partial charge is 0.0629 e. The zero-order valence-electron chi connectivity index (χ0n) is 6.98. The van der Waals surface area contributed by atoms with Crippen LogP contribution in [-0.2, 0) is 6.42 Å². The van der Waals surface area contributed by atoms with E-state index in [1.807, 2.05) is 18.2 Å². The third kappa shape index (κ3) is 2.84. The van der Waals surface area contributed by atoms with E-state index in [1.165, 1.54) is 0 Å². The fourth-order valence-electron chi connectivity index (χ4n) is 1.04. The van der Waals surface area contributed by atoms with Crippen molar-refractivity contribution in [1.82, 2.24) is 4.98 Å². The molecule has 0 spiro atoms. The van der Waals surface area contributed by atoms with E-state index in [4.69, 9.17) is 0 Å². The van der Waals surface area contributed by atoms with Crippen LogP contribution >= 0.6 is 0 Å². The summed E-state index contributed by atoms with van der Waals surface area (Å²) in [6.45, 7) is 3.56. The highest BCUT2D eigenvalue weighted by Gasteiger charge is 2.02. The molecule has 0 aliphatic carbocycles. The highest BCUT2D eigenvalue weighted by Crippen LogP contribution is 2.02. The molecule has 12 heavy (non-hydrogen) atoms. The average molecular weight is 163 g/mol. The lowest BCUT2D eigenvalue weighted by Crippen LogP contribution is -2.09. The number of pyridine rings is 1. The largest absolute Gasteiger partial charge is 0.392 e. The monoisotopic (exact) mass is 163 g/mol. The zero-order chi connectivity index (χ0) is 8.81. The predicted octanol–water partition coefficient (Wildman–Crippen LogP) is 1.56. The Bertz CT molecular complexity index is 233. The molecule has 0 radical (unpaired) electrons. The number of aliphatic hydroxyl groups is 1. The first-order valence-corrected chi connectivity index (χ1v) is 4.02. The molecule has 0 aromatic carbocycles. The summed E-state index contributed by atoms with van der Waals surface area (Å²) in [5, 5.41) is 9.39. The third-order valence-corrected chi connectivity index (χ3v) is 1.61. The van der Waals surface area contributed by atoms with E-state index < -0.39 is 0 Å². The Labute approximate surface area is 72.6 Å². The average Bonchev–Trinajstić information content (AvgIpc) is 2.06. The first kappa shape index (κ1) is 8.94. The van der Waals surface area contributed by atoms with Gasteiger partial charge in [-0.3, -0.25) is 4.98 Å². The lowest BCUT2D eigenvalue weighted by molar-refractivity contribution is 0.177. The minimum atomic E-state index is -0.350. The lowest BCUT2D eigenvalue weighted by Gasteiger charge is -2.05. The highest BCUT2D eigenvalue weighted by molar-refractivity contribution is 5.04. The molecule has 0 saturated carbocycles. The van der Waals surface area contributed by atoms with Gasteiger partial charge < -0.3 is 5.11 Å². The van der Waals surface area contributed by atoms with Crippen molar-refractivity contribution in [2.24, 2.45) is 0 Å². The number of hydrogen-bond acceptors (Lipinski definition) is 2. The lowest BCUT2D eigenvalue weighted by atomic mass is 10.1. The Morgan fingerprint density at radius 2 is 2.42 bits per heavy atom. The topological polar surface area (TPSA) is 33.1 Å². The molecule has 1 unspecified atom stereocenters. The molecule has 0 fully saturated rings. The first-order valence-electron chi connectivity index (χ1n) is 4.02. The van der Waals surface area contributed by atoms with Gasteiger partial charge >= 0.3 is 0 Å². The minimum Gasteiger partial charge on any atom is -0.392 e. The maximum absolute atomic E-state index is 9.39. The molecule has 2 nitrogen and oxygen atoms in total. The van der Waals surface area contributed by atoms with Crippen molar-refractivity contribution in [3.8, 4) is 0 Å². The number of rotatable bonds is 4. The van der Waals surface area contributed by atoms with Gasteiger partial charge in [-0.1, -0.05) is 12.1 Å². The van der Waals surface area contributed by atoms with Gasteiger partial charge in [0.25, 0.3) is 0 Å². The Hall–Kier alpha value is -1.15. The van der Waals surface area contributed by atoms with Crippen LogP contribution in [0.2, 0.25) is 0 Å². The van der Waals surface area contributed by atoms with Crippen LogP contribution in [0.15, 0.2) is 37.1 Å². The summed E-state index contributed by atoms with van der Waals surface area (Å²) in [6.07, 6.45) is 4.32. The Kier molecular flexibility index (Phi) is 3.48. The molecule has 1 aromatic heterocycles. The van der Waals surface area contributed by atoms with Gasteiger partial charge in [0.15, 0.2) is 0 Å². The van der Waals surface area contributed by atoms with Crippen molar-refractivity contribution in [2.75, 3.05) is 0 Å². The Morgan fingerprint density at radius 1 is 1.58 bits per heavy atom. The molecular weight excluding hydrogens is 150 g/mol. The molecule has 0 amide bonds. The molecule has 1 heterocycles. The van der Waals surface area contributed by atoms with Gasteiger partial charge in [-0.25, -0.2) is 0 Å². The van der Waals surface area contributed by atoms with E-state index in [1.54, 1.807) is 12.3 Å². The first-order chi connectivity index (χ1) is 5.83. The second-order valence-corrected chi connectivity index (χ2v) is 2.70. The van der Waals surface area contributed by atoms with Crippen LogP contribution in [0, 0.1) is 0 Å². The fraction of sp³-hybridized carbons (Fsp3) is 0.300. The number of hydrogen-bond donors (Lipinski definition) is 1. The van der Waals surface area contributed by atoms with Crippen molar-refractivity contribution < 1.29 is 5.11 Å². The second kappa shape index (κ2) is 4.67. The van der Waals surface area contributed by atoms with Gasteiger partial charge in [0.05, 0.1) is 6.10 Å². The Balaban J connectivity index is 2.46. The normalized spacial score (nSPS) is 12.4. The molecule has 0 bridgehead atoms. The molecule has 1 atom stereocenters. The van der Waals surface area contributed by atoms with Crippen molar-refractivity contribution in [3.63, 3.8) is 0 Å². The minimum absolute atomic E-state index is 0.350. The number of aliphatic hydroxyl groups excluding tert-OH is 1. The van der Waals surface area contributed by atoms with Crippen LogP contribution in [0.25, 0.3) is 0 Å². The van der Waals surface area contributed by atoms with Crippen molar-refractivity contribution >= 4 is 0 Å². The Morgan fingerprint density at radius 3 is 3.00 bits per heavy atom. The standard InChI is InChI=1S/C10H13NO/c1-2-5-10(12)8-9-6-3-4-7-11-9/h2-4,6-7,10,12H,1,5,8H2. The van der Waals surface area contributed by atoms with Crippen LogP contribution in [0.4, 0.5) is 0 Å². The molecule has 0 saturated heterocycles.